The fourth-order valence-corrected chi connectivity index (χ4v) is 3.88. The van der Waals surface area contributed by atoms with Crippen molar-refractivity contribution in [3.05, 3.63) is 65.7 Å². The highest BCUT2D eigenvalue weighted by Crippen LogP contribution is 2.25. The number of esters is 1. The molecule has 0 spiro atoms. The molecule has 1 aliphatic rings. The zero-order valence-electron chi connectivity index (χ0n) is 18.4. The topological polar surface area (TPSA) is 60.4 Å². The second-order valence-electron chi connectivity index (χ2n) is 7.75. The van der Waals surface area contributed by atoms with Gasteiger partial charge in [0, 0.05) is 23.5 Å². The molecule has 0 atom stereocenters. The van der Waals surface area contributed by atoms with Crippen molar-refractivity contribution in [2.24, 2.45) is 5.16 Å². The van der Waals surface area contributed by atoms with Gasteiger partial charge in [-0.25, -0.2) is 4.79 Å². The van der Waals surface area contributed by atoms with Crippen LogP contribution in [-0.2, 0) is 25.7 Å². The Morgan fingerprint density at radius 2 is 1.77 bits per heavy atom. The number of hydrogen-bond acceptors (Lipinski definition) is 7. The molecule has 0 radical (unpaired) electrons. The van der Waals surface area contributed by atoms with Gasteiger partial charge in [0.25, 0.3) is 0 Å². The summed E-state index contributed by atoms with van der Waals surface area (Å²) in [5.74, 6) is -0.450. The van der Waals surface area contributed by atoms with Crippen LogP contribution in [0.5, 0.6) is 0 Å². The molecular formula is C24H30N2O4S. The summed E-state index contributed by atoms with van der Waals surface area (Å²) in [5.41, 5.74) is 2.28. The van der Waals surface area contributed by atoms with E-state index in [1.165, 1.54) is 4.90 Å². The van der Waals surface area contributed by atoms with Crippen LogP contribution in [0.2, 0.25) is 0 Å². The standard InChI is InChI=1S/C24H30N2O4S/c1-24(2,26-13-15-28-16-14-26)23(20-9-11-21(31-3)12-10-20)25-30-18-22(27)29-17-19-7-5-4-6-8-19/h4-12H,13-18H2,1-3H3/b25-23-. The van der Waals surface area contributed by atoms with Crippen molar-refractivity contribution >= 4 is 23.4 Å². The highest BCUT2D eigenvalue weighted by molar-refractivity contribution is 7.98. The molecule has 0 aliphatic carbocycles. The van der Waals surface area contributed by atoms with Gasteiger partial charge in [-0.2, -0.15) is 0 Å². The third-order valence-corrected chi connectivity index (χ3v) is 6.07. The summed E-state index contributed by atoms with van der Waals surface area (Å²) in [4.78, 5) is 21.1. The molecule has 7 heteroatoms. The van der Waals surface area contributed by atoms with Crippen LogP contribution in [0.3, 0.4) is 0 Å². The molecule has 6 nitrogen and oxygen atoms in total. The third-order valence-electron chi connectivity index (χ3n) is 5.33. The van der Waals surface area contributed by atoms with Gasteiger partial charge in [-0.1, -0.05) is 47.6 Å². The Labute approximate surface area is 188 Å². The van der Waals surface area contributed by atoms with Gasteiger partial charge in [0.1, 0.15) is 12.3 Å². The van der Waals surface area contributed by atoms with Gasteiger partial charge in [0.2, 0.25) is 6.61 Å². The molecule has 0 N–H and O–H groups in total. The Hall–Kier alpha value is -2.35. The maximum absolute atomic E-state index is 12.1. The molecule has 0 unspecified atom stereocenters. The lowest BCUT2D eigenvalue weighted by Gasteiger charge is -2.41. The van der Waals surface area contributed by atoms with Crippen molar-refractivity contribution in [2.45, 2.75) is 30.9 Å². The summed E-state index contributed by atoms with van der Waals surface area (Å²) >= 11 is 1.69. The molecule has 1 heterocycles. The van der Waals surface area contributed by atoms with Crippen molar-refractivity contribution in [1.82, 2.24) is 4.90 Å². The van der Waals surface area contributed by atoms with E-state index in [1.807, 2.05) is 48.7 Å². The van der Waals surface area contributed by atoms with E-state index in [0.717, 1.165) is 29.9 Å². The lowest BCUT2D eigenvalue weighted by molar-refractivity contribution is -0.150. The van der Waals surface area contributed by atoms with Crippen LogP contribution in [0.1, 0.15) is 25.0 Å². The van der Waals surface area contributed by atoms with Crippen LogP contribution in [-0.4, -0.2) is 61.3 Å². The lowest BCUT2D eigenvalue weighted by atomic mass is 9.90. The van der Waals surface area contributed by atoms with Gasteiger partial charge in [-0.05, 0) is 37.8 Å². The van der Waals surface area contributed by atoms with Crippen molar-refractivity contribution < 1.29 is 19.1 Å². The highest BCUT2D eigenvalue weighted by atomic mass is 32.2. The van der Waals surface area contributed by atoms with Crippen molar-refractivity contribution in [1.29, 1.82) is 0 Å². The van der Waals surface area contributed by atoms with E-state index in [2.05, 4.69) is 36.0 Å². The van der Waals surface area contributed by atoms with E-state index >= 15 is 0 Å². The lowest BCUT2D eigenvalue weighted by Crippen LogP contribution is -2.54. The molecule has 0 bridgehead atoms. The van der Waals surface area contributed by atoms with Crippen LogP contribution in [0.4, 0.5) is 0 Å². The SMILES string of the molecule is CSc1ccc(/C(=N/OCC(=O)OCc2ccccc2)C(C)(C)N2CCOCC2)cc1. The van der Waals surface area contributed by atoms with Gasteiger partial charge in [0.05, 0.1) is 18.8 Å². The van der Waals surface area contributed by atoms with Crippen molar-refractivity contribution in [2.75, 3.05) is 39.2 Å². The number of oxime groups is 1. The predicted octanol–water partition coefficient (Wildman–Crippen LogP) is 3.98. The van der Waals surface area contributed by atoms with Crippen LogP contribution in [0, 0.1) is 0 Å². The minimum atomic E-state index is -0.450. The number of rotatable bonds is 9. The van der Waals surface area contributed by atoms with Crippen LogP contribution in [0.15, 0.2) is 64.6 Å². The van der Waals surface area contributed by atoms with Gasteiger partial charge >= 0.3 is 5.97 Å². The monoisotopic (exact) mass is 442 g/mol. The number of nitrogens with zero attached hydrogens (tertiary/aromatic N) is 2. The minimum absolute atomic E-state index is 0.217. The Morgan fingerprint density at radius 3 is 2.42 bits per heavy atom. The molecule has 1 fully saturated rings. The number of morpholine rings is 1. The van der Waals surface area contributed by atoms with Gasteiger partial charge in [0.15, 0.2) is 0 Å². The van der Waals surface area contributed by atoms with E-state index in [-0.39, 0.29) is 13.2 Å². The van der Waals surface area contributed by atoms with E-state index in [4.69, 9.17) is 14.3 Å². The third kappa shape index (κ3) is 6.56. The Balaban J connectivity index is 1.70. The first kappa shape index (κ1) is 23.3. The summed E-state index contributed by atoms with van der Waals surface area (Å²) < 4.78 is 10.8. The summed E-state index contributed by atoms with van der Waals surface area (Å²) in [5, 5.41) is 4.42. The van der Waals surface area contributed by atoms with Crippen molar-refractivity contribution in [3.8, 4) is 0 Å². The largest absolute Gasteiger partial charge is 0.458 e. The quantitative estimate of drug-likeness (QED) is 0.253. The zero-order chi connectivity index (χ0) is 22.1. The normalized spacial score (nSPS) is 15.5. The number of carbonyl (C=O) groups is 1. The number of ether oxygens (including phenoxy) is 2. The molecule has 3 rings (SSSR count). The van der Waals surface area contributed by atoms with E-state index in [1.54, 1.807) is 11.8 Å². The molecule has 0 amide bonds. The first-order valence-electron chi connectivity index (χ1n) is 10.4. The Bertz CT molecular complexity index is 863. The first-order valence-corrected chi connectivity index (χ1v) is 11.6. The van der Waals surface area contributed by atoms with Crippen LogP contribution >= 0.6 is 11.8 Å². The predicted molar refractivity (Wildman–Crippen MR) is 123 cm³/mol. The molecule has 0 saturated carbocycles. The number of benzene rings is 2. The average Bonchev–Trinajstić information content (AvgIpc) is 2.82. The number of carbonyl (C=O) groups excluding carboxylic acids is 1. The van der Waals surface area contributed by atoms with E-state index < -0.39 is 11.5 Å². The van der Waals surface area contributed by atoms with E-state index in [0.29, 0.717) is 13.2 Å². The summed E-state index contributed by atoms with van der Waals surface area (Å²) in [6.07, 6.45) is 2.05. The average molecular weight is 443 g/mol. The molecule has 0 aromatic heterocycles. The Morgan fingerprint density at radius 1 is 1.10 bits per heavy atom. The summed E-state index contributed by atoms with van der Waals surface area (Å²) in [7, 11) is 0. The van der Waals surface area contributed by atoms with Gasteiger partial charge < -0.3 is 14.3 Å². The number of thioether (sulfide) groups is 1. The second kappa shape index (κ2) is 11.3. The maximum atomic E-state index is 12.1. The van der Waals surface area contributed by atoms with Crippen molar-refractivity contribution in [3.63, 3.8) is 0 Å². The first-order chi connectivity index (χ1) is 15.0. The highest BCUT2D eigenvalue weighted by Gasteiger charge is 2.35. The second-order valence-corrected chi connectivity index (χ2v) is 8.63. The zero-order valence-corrected chi connectivity index (χ0v) is 19.2. The minimum Gasteiger partial charge on any atom is -0.458 e. The fraction of sp³-hybridized carbons (Fsp3) is 0.417. The van der Waals surface area contributed by atoms with Gasteiger partial charge in [-0.15, -0.1) is 11.8 Å². The van der Waals surface area contributed by atoms with E-state index in [9.17, 15) is 4.79 Å². The maximum Gasteiger partial charge on any atom is 0.347 e. The summed E-state index contributed by atoms with van der Waals surface area (Å²) in [6.45, 7) is 7.23. The molecule has 2 aromatic rings. The number of hydrogen-bond donors (Lipinski definition) is 0. The fourth-order valence-electron chi connectivity index (χ4n) is 3.47. The van der Waals surface area contributed by atoms with Crippen LogP contribution < -0.4 is 0 Å². The molecular weight excluding hydrogens is 412 g/mol. The Kier molecular flexibility index (Phi) is 8.51. The van der Waals surface area contributed by atoms with Gasteiger partial charge in [-0.3, -0.25) is 4.90 Å². The molecule has 1 saturated heterocycles. The molecule has 2 aromatic carbocycles. The molecule has 166 valence electrons. The van der Waals surface area contributed by atoms with Crippen LogP contribution in [0.25, 0.3) is 0 Å². The molecule has 31 heavy (non-hydrogen) atoms. The molecule has 1 aliphatic heterocycles. The summed E-state index contributed by atoms with van der Waals surface area (Å²) in [6, 6.07) is 17.8. The smallest absolute Gasteiger partial charge is 0.347 e.